The molecular weight excluding hydrogens is 331 g/mol. The lowest BCUT2D eigenvalue weighted by Gasteiger charge is -2.33. The van der Waals surface area contributed by atoms with Gasteiger partial charge in [-0.15, -0.1) is 0 Å². The lowest BCUT2D eigenvalue weighted by molar-refractivity contribution is 0.198. The molecule has 2 aliphatic rings. The summed E-state index contributed by atoms with van der Waals surface area (Å²) in [5.41, 5.74) is 0.993. The Morgan fingerprint density at radius 3 is 2.65 bits per heavy atom. The van der Waals surface area contributed by atoms with Gasteiger partial charge in [-0.3, -0.25) is 9.89 Å². The lowest BCUT2D eigenvalue weighted by Crippen LogP contribution is -2.48. The largest absolute Gasteiger partial charge is 0.494 e. The van der Waals surface area contributed by atoms with Crippen LogP contribution in [0.4, 0.5) is 4.39 Å². The number of halogens is 1. The number of nitrogens with zero attached hydrogens (tertiary/aromatic N) is 2. The molecule has 1 aliphatic carbocycles. The fourth-order valence-corrected chi connectivity index (χ4v) is 3.49. The molecule has 1 saturated heterocycles. The summed E-state index contributed by atoms with van der Waals surface area (Å²) in [6.45, 7) is 3.79. The Bertz CT molecular complexity index is 610. The zero-order valence-corrected chi connectivity index (χ0v) is 15.9. The molecule has 1 aromatic carbocycles. The molecule has 1 saturated carbocycles. The van der Waals surface area contributed by atoms with Crippen molar-refractivity contribution in [3.05, 3.63) is 29.6 Å². The van der Waals surface area contributed by atoms with Gasteiger partial charge in [0.25, 0.3) is 0 Å². The number of ether oxygens (including phenoxy) is 1. The van der Waals surface area contributed by atoms with Crippen molar-refractivity contribution in [1.82, 2.24) is 15.5 Å². The Hall–Kier alpha value is -1.82. The SMILES string of the molecule is CN=C(NCCC1CC1)NC1CCN(Cc2ccc(OC)c(F)c2)CC1. The Balaban J connectivity index is 1.39. The zero-order chi connectivity index (χ0) is 18.4. The van der Waals surface area contributed by atoms with Crippen LogP contribution in [0.2, 0.25) is 0 Å². The van der Waals surface area contributed by atoms with E-state index in [4.69, 9.17) is 4.74 Å². The van der Waals surface area contributed by atoms with Crippen LogP contribution in [-0.2, 0) is 6.54 Å². The van der Waals surface area contributed by atoms with Gasteiger partial charge in [0.1, 0.15) is 0 Å². The van der Waals surface area contributed by atoms with E-state index in [0.717, 1.165) is 56.5 Å². The maximum Gasteiger partial charge on any atom is 0.191 e. The molecule has 1 aliphatic heterocycles. The monoisotopic (exact) mass is 362 g/mol. The van der Waals surface area contributed by atoms with Crippen molar-refractivity contribution in [3.8, 4) is 5.75 Å². The van der Waals surface area contributed by atoms with Crippen LogP contribution in [0.5, 0.6) is 5.75 Å². The highest BCUT2D eigenvalue weighted by molar-refractivity contribution is 5.79. The van der Waals surface area contributed by atoms with E-state index in [1.165, 1.54) is 26.4 Å². The molecule has 0 spiro atoms. The molecule has 0 radical (unpaired) electrons. The number of methoxy groups -OCH3 is 1. The summed E-state index contributed by atoms with van der Waals surface area (Å²) < 4.78 is 18.8. The Labute approximate surface area is 156 Å². The average molecular weight is 362 g/mol. The maximum atomic E-state index is 13.8. The second kappa shape index (κ2) is 9.21. The van der Waals surface area contributed by atoms with Crippen LogP contribution in [0.1, 0.15) is 37.7 Å². The van der Waals surface area contributed by atoms with Crippen LogP contribution in [-0.4, -0.2) is 50.7 Å². The summed E-state index contributed by atoms with van der Waals surface area (Å²) in [5.74, 6) is 1.87. The molecule has 1 aromatic rings. The van der Waals surface area contributed by atoms with Crippen LogP contribution >= 0.6 is 0 Å². The zero-order valence-electron chi connectivity index (χ0n) is 15.9. The third-order valence-corrected chi connectivity index (χ3v) is 5.32. The molecule has 6 heteroatoms. The number of guanidine groups is 1. The summed E-state index contributed by atoms with van der Waals surface area (Å²) in [4.78, 5) is 6.72. The number of likely N-dealkylation sites (tertiary alicyclic amines) is 1. The molecule has 0 unspecified atom stereocenters. The van der Waals surface area contributed by atoms with Crippen molar-refractivity contribution in [2.45, 2.75) is 44.7 Å². The van der Waals surface area contributed by atoms with Crippen LogP contribution in [0.25, 0.3) is 0 Å². The summed E-state index contributed by atoms with van der Waals surface area (Å²) in [7, 11) is 3.32. The molecule has 0 aromatic heterocycles. The Morgan fingerprint density at radius 1 is 1.27 bits per heavy atom. The van der Waals surface area contributed by atoms with E-state index in [-0.39, 0.29) is 5.82 Å². The van der Waals surface area contributed by atoms with Gasteiger partial charge in [-0.1, -0.05) is 18.9 Å². The van der Waals surface area contributed by atoms with Gasteiger partial charge in [0, 0.05) is 39.3 Å². The van der Waals surface area contributed by atoms with E-state index in [1.807, 2.05) is 13.1 Å². The normalized spacial score (nSPS) is 19.4. The smallest absolute Gasteiger partial charge is 0.191 e. The quantitative estimate of drug-likeness (QED) is 0.578. The highest BCUT2D eigenvalue weighted by Crippen LogP contribution is 2.31. The first-order valence-electron chi connectivity index (χ1n) is 9.70. The van der Waals surface area contributed by atoms with Gasteiger partial charge >= 0.3 is 0 Å². The first-order valence-corrected chi connectivity index (χ1v) is 9.70. The van der Waals surface area contributed by atoms with Gasteiger partial charge < -0.3 is 15.4 Å². The van der Waals surface area contributed by atoms with Crippen LogP contribution in [0.3, 0.4) is 0 Å². The van der Waals surface area contributed by atoms with Gasteiger partial charge in [0.05, 0.1) is 7.11 Å². The molecule has 0 bridgehead atoms. The fraction of sp³-hybridized carbons (Fsp3) is 0.650. The minimum Gasteiger partial charge on any atom is -0.494 e. The van der Waals surface area contributed by atoms with Gasteiger partial charge in [0.15, 0.2) is 17.5 Å². The van der Waals surface area contributed by atoms with Gasteiger partial charge in [0.2, 0.25) is 0 Å². The van der Waals surface area contributed by atoms with Crippen LogP contribution < -0.4 is 15.4 Å². The van der Waals surface area contributed by atoms with Crippen molar-refractivity contribution in [2.75, 3.05) is 33.8 Å². The molecule has 0 amide bonds. The maximum absolute atomic E-state index is 13.8. The van der Waals surface area contributed by atoms with Gasteiger partial charge in [-0.05, 0) is 42.9 Å². The second-order valence-corrected chi connectivity index (χ2v) is 7.39. The number of aliphatic imine (C=N–C) groups is 1. The minimum atomic E-state index is -0.289. The molecule has 2 N–H and O–H groups in total. The molecule has 3 rings (SSSR count). The number of hydrogen-bond acceptors (Lipinski definition) is 3. The summed E-state index contributed by atoms with van der Waals surface area (Å²) >= 11 is 0. The summed E-state index contributed by atoms with van der Waals surface area (Å²) in [6.07, 6.45) is 6.18. The molecule has 0 atom stereocenters. The number of piperidine rings is 1. The highest BCUT2D eigenvalue weighted by Gasteiger charge is 2.22. The van der Waals surface area contributed by atoms with Crippen LogP contribution in [0, 0.1) is 11.7 Å². The van der Waals surface area contributed by atoms with Crippen LogP contribution in [0.15, 0.2) is 23.2 Å². The predicted octanol–water partition coefficient (Wildman–Crippen LogP) is 2.76. The summed E-state index contributed by atoms with van der Waals surface area (Å²) in [5, 5.41) is 6.97. The number of nitrogens with one attached hydrogen (secondary N) is 2. The van der Waals surface area contributed by atoms with Crippen molar-refractivity contribution in [3.63, 3.8) is 0 Å². The molecule has 144 valence electrons. The van der Waals surface area contributed by atoms with E-state index in [9.17, 15) is 4.39 Å². The third kappa shape index (κ3) is 5.59. The van der Waals surface area contributed by atoms with Crippen molar-refractivity contribution >= 4 is 5.96 Å². The van der Waals surface area contributed by atoms with Crippen molar-refractivity contribution in [2.24, 2.45) is 10.9 Å². The molecule has 1 heterocycles. The first-order chi connectivity index (χ1) is 12.7. The number of hydrogen-bond donors (Lipinski definition) is 2. The van der Waals surface area contributed by atoms with Gasteiger partial charge in [-0.2, -0.15) is 0 Å². The molecule has 26 heavy (non-hydrogen) atoms. The highest BCUT2D eigenvalue weighted by atomic mass is 19.1. The van der Waals surface area contributed by atoms with Crippen molar-refractivity contribution < 1.29 is 9.13 Å². The standard InChI is InChI=1S/C20H31FN4O/c1-22-20(23-10-7-15-3-4-15)24-17-8-11-25(12-9-17)14-16-5-6-19(26-2)18(21)13-16/h5-6,13,15,17H,3-4,7-12,14H2,1-2H3,(H2,22,23,24). The van der Waals surface area contributed by atoms with E-state index >= 15 is 0 Å². The Kier molecular flexibility index (Phi) is 6.72. The first kappa shape index (κ1) is 19.0. The number of benzene rings is 1. The topological polar surface area (TPSA) is 48.9 Å². The second-order valence-electron chi connectivity index (χ2n) is 7.39. The third-order valence-electron chi connectivity index (χ3n) is 5.32. The van der Waals surface area contributed by atoms with Crippen molar-refractivity contribution in [1.29, 1.82) is 0 Å². The predicted molar refractivity (Wildman–Crippen MR) is 103 cm³/mol. The molecular formula is C20H31FN4O. The van der Waals surface area contributed by atoms with E-state index < -0.39 is 0 Å². The van der Waals surface area contributed by atoms with E-state index in [2.05, 4.69) is 20.5 Å². The lowest BCUT2D eigenvalue weighted by atomic mass is 10.0. The van der Waals surface area contributed by atoms with Gasteiger partial charge in [-0.25, -0.2) is 4.39 Å². The van der Waals surface area contributed by atoms with E-state index in [0.29, 0.717) is 11.8 Å². The minimum absolute atomic E-state index is 0.289. The Morgan fingerprint density at radius 2 is 2.04 bits per heavy atom. The molecule has 5 nitrogen and oxygen atoms in total. The number of rotatable bonds is 7. The summed E-state index contributed by atoms with van der Waals surface area (Å²) in [6, 6.07) is 5.68. The average Bonchev–Trinajstić information content (AvgIpc) is 3.47. The fourth-order valence-electron chi connectivity index (χ4n) is 3.49. The molecule has 2 fully saturated rings. The van der Waals surface area contributed by atoms with E-state index in [1.54, 1.807) is 12.1 Å².